The molecule has 0 aromatic carbocycles. The van der Waals surface area contributed by atoms with Crippen LogP contribution in [0.15, 0.2) is 35.0 Å². The third-order valence-corrected chi connectivity index (χ3v) is 2.79. The van der Waals surface area contributed by atoms with Gasteiger partial charge in [0.15, 0.2) is 0 Å². The Hall–Kier alpha value is -1.81. The molecular formula is C15H20N2O2. The fourth-order valence-corrected chi connectivity index (χ4v) is 1.74. The summed E-state index contributed by atoms with van der Waals surface area (Å²) in [7, 11) is 0. The highest BCUT2D eigenvalue weighted by Gasteiger charge is 2.08. The van der Waals surface area contributed by atoms with Crippen LogP contribution >= 0.6 is 0 Å². The van der Waals surface area contributed by atoms with Gasteiger partial charge in [-0.2, -0.15) is 0 Å². The van der Waals surface area contributed by atoms with E-state index in [-0.39, 0.29) is 0 Å². The van der Waals surface area contributed by atoms with Gasteiger partial charge in [-0.1, -0.05) is 13.8 Å². The Bertz CT molecular complexity index is 506. The molecule has 0 bridgehead atoms. The number of hydrogen-bond acceptors (Lipinski definition) is 4. The number of aromatic nitrogens is 1. The molecule has 0 unspecified atom stereocenters. The van der Waals surface area contributed by atoms with Gasteiger partial charge in [0.2, 0.25) is 0 Å². The minimum absolute atomic E-state index is 0.425. The Balaban J connectivity index is 1.92. The van der Waals surface area contributed by atoms with Crippen molar-refractivity contribution < 1.29 is 9.15 Å². The summed E-state index contributed by atoms with van der Waals surface area (Å²) >= 11 is 0. The SMILES string of the molecule is Cc1oc(COc2cccnc2)cc1CNC(C)C. The maximum atomic E-state index is 5.68. The van der Waals surface area contributed by atoms with Gasteiger partial charge in [0, 0.05) is 24.3 Å². The Morgan fingerprint density at radius 2 is 2.26 bits per heavy atom. The first-order chi connectivity index (χ1) is 9.15. The van der Waals surface area contributed by atoms with Crippen LogP contribution in [0, 0.1) is 6.92 Å². The summed E-state index contributed by atoms with van der Waals surface area (Å²) in [5.74, 6) is 2.53. The molecule has 0 amide bonds. The Morgan fingerprint density at radius 3 is 2.95 bits per heavy atom. The number of ether oxygens (including phenoxy) is 1. The lowest BCUT2D eigenvalue weighted by Gasteiger charge is -2.06. The van der Waals surface area contributed by atoms with Crippen molar-refractivity contribution in [3.05, 3.63) is 47.7 Å². The molecule has 0 aliphatic heterocycles. The normalized spacial score (nSPS) is 10.9. The number of aryl methyl sites for hydroxylation is 1. The van der Waals surface area contributed by atoms with Crippen molar-refractivity contribution in [2.45, 2.75) is 40.0 Å². The lowest BCUT2D eigenvalue weighted by Crippen LogP contribution is -2.21. The third kappa shape index (κ3) is 4.10. The Morgan fingerprint density at radius 1 is 1.42 bits per heavy atom. The van der Waals surface area contributed by atoms with E-state index in [9.17, 15) is 0 Å². The first kappa shape index (κ1) is 13.6. The van der Waals surface area contributed by atoms with Crippen molar-refractivity contribution in [3.63, 3.8) is 0 Å². The molecule has 19 heavy (non-hydrogen) atoms. The molecule has 1 N–H and O–H groups in total. The molecule has 0 spiro atoms. The minimum atomic E-state index is 0.425. The number of rotatable bonds is 6. The fraction of sp³-hybridized carbons (Fsp3) is 0.400. The van der Waals surface area contributed by atoms with Crippen molar-refractivity contribution in [1.29, 1.82) is 0 Å². The zero-order valence-corrected chi connectivity index (χ0v) is 11.6. The van der Waals surface area contributed by atoms with E-state index in [0.29, 0.717) is 12.6 Å². The molecule has 2 aromatic rings. The predicted molar refractivity (Wildman–Crippen MR) is 74.0 cm³/mol. The van der Waals surface area contributed by atoms with Crippen LogP contribution in [0.1, 0.15) is 30.9 Å². The molecule has 0 radical (unpaired) electrons. The van der Waals surface area contributed by atoms with E-state index in [1.807, 2.05) is 25.1 Å². The van der Waals surface area contributed by atoms with Crippen LogP contribution in [0.3, 0.4) is 0 Å². The van der Waals surface area contributed by atoms with Gasteiger partial charge in [0.1, 0.15) is 23.9 Å². The molecule has 4 nitrogen and oxygen atoms in total. The second-order valence-electron chi connectivity index (χ2n) is 4.81. The standard InChI is InChI=1S/C15H20N2O2/c1-11(2)17-8-13-7-15(19-12(13)3)10-18-14-5-4-6-16-9-14/h4-7,9,11,17H,8,10H2,1-3H3. The average molecular weight is 260 g/mol. The predicted octanol–water partition coefficient (Wildman–Crippen LogP) is 3.06. The van der Waals surface area contributed by atoms with E-state index in [2.05, 4.69) is 24.1 Å². The van der Waals surface area contributed by atoms with Gasteiger partial charge in [-0.3, -0.25) is 4.98 Å². The molecule has 4 heteroatoms. The summed E-state index contributed by atoms with van der Waals surface area (Å²) in [6.45, 7) is 7.47. The van der Waals surface area contributed by atoms with Crippen molar-refractivity contribution >= 4 is 0 Å². The van der Waals surface area contributed by atoms with Crippen LogP contribution in [0.2, 0.25) is 0 Å². The zero-order chi connectivity index (χ0) is 13.7. The number of nitrogens with one attached hydrogen (secondary N) is 1. The largest absolute Gasteiger partial charge is 0.484 e. The van der Waals surface area contributed by atoms with Gasteiger partial charge in [-0.05, 0) is 25.1 Å². The summed E-state index contributed by atoms with van der Waals surface area (Å²) < 4.78 is 11.3. The average Bonchev–Trinajstić information content (AvgIpc) is 2.76. The van der Waals surface area contributed by atoms with Crippen LogP contribution < -0.4 is 10.1 Å². The lowest BCUT2D eigenvalue weighted by molar-refractivity contribution is 0.266. The fourth-order valence-electron chi connectivity index (χ4n) is 1.74. The van der Waals surface area contributed by atoms with Crippen LogP contribution in [0.5, 0.6) is 5.75 Å². The molecule has 0 aliphatic carbocycles. The molecule has 2 rings (SSSR count). The molecule has 2 aromatic heterocycles. The smallest absolute Gasteiger partial charge is 0.146 e. The van der Waals surface area contributed by atoms with Gasteiger partial charge in [-0.25, -0.2) is 0 Å². The molecule has 2 heterocycles. The van der Waals surface area contributed by atoms with Crippen LogP contribution in [0.25, 0.3) is 0 Å². The van der Waals surface area contributed by atoms with Gasteiger partial charge in [-0.15, -0.1) is 0 Å². The molecule has 0 aliphatic rings. The van der Waals surface area contributed by atoms with Crippen molar-refractivity contribution in [1.82, 2.24) is 10.3 Å². The Kier molecular flexibility index (Phi) is 4.58. The van der Waals surface area contributed by atoms with Crippen molar-refractivity contribution in [2.75, 3.05) is 0 Å². The van der Waals surface area contributed by atoms with E-state index in [1.54, 1.807) is 12.4 Å². The number of hydrogen-bond donors (Lipinski definition) is 1. The molecule has 0 atom stereocenters. The highest BCUT2D eigenvalue weighted by atomic mass is 16.5. The summed E-state index contributed by atoms with van der Waals surface area (Å²) in [6.07, 6.45) is 3.41. The second-order valence-corrected chi connectivity index (χ2v) is 4.81. The molecular weight excluding hydrogens is 240 g/mol. The van der Waals surface area contributed by atoms with Crippen molar-refractivity contribution in [3.8, 4) is 5.75 Å². The first-order valence-electron chi connectivity index (χ1n) is 6.49. The highest BCUT2D eigenvalue weighted by molar-refractivity contribution is 5.21. The first-order valence-corrected chi connectivity index (χ1v) is 6.49. The summed E-state index contributed by atoms with van der Waals surface area (Å²) in [4.78, 5) is 4.00. The van der Waals surface area contributed by atoms with Gasteiger partial charge < -0.3 is 14.5 Å². The van der Waals surface area contributed by atoms with Gasteiger partial charge >= 0.3 is 0 Å². The van der Waals surface area contributed by atoms with Crippen LogP contribution in [-0.4, -0.2) is 11.0 Å². The van der Waals surface area contributed by atoms with E-state index >= 15 is 0 Å². The number of pyridine rings is 1. The van der Waals surface area contributed by atoms with Crippen LogP contribution in [-0.2, 0) is 13.2 Å². The Labute approximate surface area is 113 Å². The lowest BCUT2D eigenvalue weighted by atomic mass is 10.2. The number of nitrogens with zero attached hydrogens (tertiary/aromatic N) is 1. The maximum absolute atomic E-state index is 5.68. The van der Waals surface area contributed by atoms with Crippen LogP contribution in [0.4, 0.5) is 0 Å². The van der Waals surface area contributed by atoms with E-state index in [0.717, 1.165) is 23.8 Å². The van der Waals surface area contributed by atoms with E-state index < -0.39 is 0 Å². The molecule has 0 saturated carbocycles. The monoisotopic (exact) mass is 260 g/mol. The summed E-state index contributed by atoms with van der Waals surface area (Å²) in [5, 5.41) is 3.38. The quantitative estimate of drug-likeness (QED) is 0.867. The minimum Gasteiger partial charge on any atom is -0.484 e. The topological polar surface area (TPSA) is 47.3 Å². The maximum Gasteiger partial charge on any atom is 0.146 e. The molecule has 102 valence electrons. The van der Waals surface area contributed by atoms with Crippen molar-refractivity contribution in [2.24, 2.45) is 0 Å². The third-order valence-electron chi connectivity index (χ3n) is 2.79. The summed E-state index contributed by atoms with van der Waals surface area (Å²) in [5.41, 5.74) is 1.18. The van der Waals surface area contributed by atoms with E-state index in [4.69, 9.17) is 9.15 Å². The van der Waals surface area contributed by atoms with Gasteiger partial charge in [0.05, 0.1) is 6.20 Å². The number of furan rings is 1. The van der Waals surface area contributed by atoms with E-state index in [1.165, 1.54) is 5.56 Å². The zero-order valence-electron chi connectivity index (χ0n) is 11.6. The summed E-state index contributed by atoms with van der Waals surface area (Å²) in [6, 6.07) is 6.23. The molecule has 0 fully saturated rings. The second kappa shape index (κ2) is 6.38. The van der Waals surface area contributed by atoms with Gasteiger partial charge in [0.25, 0.3) is 0 Å². The highest BCUT2D eigenvalue weighted by Crippen LogP contribution is 2.17. The molecule has 0 saturated heterocycles.